The van der Waals surface area contributed by atoms with Crippen molar-refractivity contribution in [1.82, 2.24) is 10.1 Å². The average Bonchev–Trinajstić information content (AvgIpc) is 2.51. The fraction of sp³-hybridized carbons (Fsp3) is 0.625. The number of nitrogens with two attached hydrogens (primary N) is 1. The predicted octanol–water partition coefficient (Wildman–Crippen LogP) is 0.873. The molecule has 3 N–H and O–H groups in total. The largest absolute Gasteiger partial charge is 0.481 e. The van der Waals surface area contributed by atoms with Gasteiger partial charge in [-0.15, -0.1) is 12.4 Å². The van der Waals surface area contributed by atoms with Crippen LogP contribution < -0.4 is 5.73 Å². The maximum atomic E-state index is 10.8. The third-order valence-electron chi connectivity index (χ3n) is 1.92. The van der Waals surface area contributed by atoms with Gasteiger partial charge in [-0.25, -0.2) is 0 Å². The molecule has 0 aliphatic rings. The normalized spacial score (nSPS) is 13.1. The number of rotatable bonds is 3. The highest BCUT2D eigenvalue weighted by Crippen LogP contribution is 2.21. The van der Waals surface area contributed by atoms with Gasteiger partial charge >= 0.3 is 5.97 Å². The molecule has 0 unspecified atom stereocenters. The molecule has 0 fully saturated rings. The van der Waals surface area contributed by atoms with Gasteiger partial charge in [0.15, 0.2) is 5.82 Å². The Morgan fingerprint density at radius 3 is 2.47 bits per heavy atom. The molecule has 0 radical (unpaired) electrons. The molecule has 1 aromatic rings. The summed E-state index contributed by atoms with van der Waals surface area (Å²) in [6.07, 6.45) is 0. The Morgan fingerprint density at radius 2 is 2.13 bits per heavy atom. The quantitative estimate of drug-likeness (QED) is 0.806. The van der Waals surface area contributed by atoms with Crippen molar-refractivity contribution in [2.45, 2.75) is 32.2 Å². The molecular weight excluding hydrogens is 222 g/mol. The summed E-state index contributed by atoms with van der Waals surface area (Å²) in [5, 5.41) is 12.5. The number of halogens is 1. The molecule has 0 aromatic carbocycles. The van der Waals surface area contributed by atoms with E-state index >= 15 is 0 Å². The summed E-state index contributed by atoms with van der Waals surface area (Å²) in [5.74, 6) is -0.624. The van der Waals surface area contributed by atoms with E-state index in [1.54, 1.807) is 6.92 Å². The summed E-state index contributed by atoms with van der Waals surface area (Å²) in [7, 11) is 0. The van der Waals surface area contributed by atoms with E-state index < -0.39 is 11.4 Å². The van der Waals surface area contributed by atoms with Crippen LogP contribution in [0.4, 0.5) is 0 Å². The summed E-state index contributed by atoms with van der Waals surface area (Å²) in [6.45, 7) is 4.70. The lowest BCUT2D eigenvalue weighted by Gasteiger charge is -2.12. The minimum atomic E-state index is -1.16. The van der Waals surface area contributed by atoms with Crippen LogP contribution in [0.5, 0.6) is 0 Å². The molecule has 1 rings (SSSR count). The van der Waals surface area contributed by atoms with E-state index in [-0.39, 0.29) is 30.2 Å². The molecule has 0 amide bonds. The fourth-order valence-corrected chi connectivity index (χ4v) is 0.770. The van der Waals surface area contributed by atoms with Crippen LogP contribution in [-0.4, -0.2) is 21.2 Å². The van der Waals surface area contributed by atoms with Gasteiger partial charge in [0.25, 0.3) is 0 Å². The Hall–Kier alpha value is -1.14. The number of aliphatic carboxylic acids is 1. The van der Waals surface area contributed by atoms with E-state index in [9.17, 15) is 4.79 Å². The van der Waals surface area contributed by atoms with Crippen molar-refractivity contribution in [1.29, 1.82) is 0 Å². The van der Waals surface area contributed by atoms with E-state index in [4.69, 9.17) is 15.4 Å². The van der Waals surface area contributed by atoms with E-state index in [0.717, 1.165) is 0 Å². The summed E-state index contributed by atoms with van der Waals surface area (Å²) < 4.78 is 4.81. The van der Waals surface area contributed by atoms with Gasteiger partial charge in [-0.2, -0.15) is 4.98 Å². The SMILES string of the molecule is C[C@@H](N)c1nc(C(C)(C)C(=O)O)no1.Cl. The molecule has 1 heterocycles. The summed E-state index contributed by atoms with van der Waals surface area (Å²) in [5.41, 5.74) is 4.35. The maximum absolute atomic E-state index is 10.8. The van der Waals surface area contributed by atoms with E-state index in [1.807, 2.05) is 0 Å². The Labute approximate surface area is 93.3 Å². The lowest BCUT2D eigenvalue weighted by Crippen LogP contribution is -2.30. The molecule has 0 bridgehead atoms. The zero-order valence-corrected chi connectivity index (χ0v) is 9.54. The van der Waals surface area contributed by atoms with E-state index in [0.29, 0.717) is 0 Å². The van der Waals surface area contributed by atoms with Crippen molar-refractivity contribution in [3.8, 4) is 0 Å². The van der Waals surface area contributed by atoms with Gasteiger partial charge in [0.1, 0.15) is 5.41 Å². The Bertz CT molecular complexity index is 349. The zero-order valence-electron chi connectivity index (χ0n) is 8.72. The highest BCUT2D eigenvalue weighted by Gasteiger charge is 2.35. The monoisotopic (exact) mass is 235 g/mol. The van der Waals surface area contributed by atoms with E-state index in [1.165, 1.54) is 13.8 Å². The van der Waals surface area contributed by atoms with Gasteiger partial charge in [0.2, 0.25) is 5.89 Å². The highest BCUT2D eigenvalue weighted by atomic mass is 35.5. The molecule has 15 heavy (non-hydrogen) atoms. The first-order valence-electron chi connectivity index (χ1n) is 4.18. The van der Waals surface area contributed by atoms with Crippen LogP contribution in [0.2, 0.25) is 0 Å². The molecule has 0 spiro atoms. The Kier molecular flexibility index (Phi) is 4.24. The van der Waals surface area contributed by atoms with Crippen molar-refractivity contribution in [3.63, 3.8) is 0 Å². The molecule has 86 valence electrons. The summed E-state index contributed by atoms with van der Waals surface area (Å²) >= 11 is 0. The standard InChI is InChI=1S/C8H13N3O3.ClH/c1-4(9)5-10-6(11-14-5)8(2,3)7(12)13;/h4H,9H2,1-3H3,(H,12,13);1H/t4-;/m1./s1. The first kappa shape index (κ1) is 13.9. The number of aromatic nitrogens is 2. The second-order valence-electron chi connectivity index (χ2n) is 3.68. The van der Waals surface area contributed by atoms with Crippen LogP contribution in [-0.2, 0) is 10.2 Å². The van der Waals surface area contributed by atoms with Crippen LogP contribution in [0.3, 0.4) is 0 Å². The summed E-state index contributed by atoms with van der Waals surface area (Å²) in [4.78, 5) is 14.8. The molecule has 0 aliphatic heterocycles. The highest BCUT2D eigenvalue weighted by molar-refractivity contribution is 5.85. The van der Waals surface area contributed by atoms with Gasteiger partial charge in [0.05, 0.1) is 6.04 Å². The molecule has 6 nitrogen and oxygen atoms in total. The second-order valence-corrected chi connectivity index (χ2v) is 3.68. The molecule has 7 heteroatoms. The van der Waals surface area contributed by atoms with Crippen LogP contribution in [0, 0.1) is 0 Å². The number of hydrogen-bond acceptors (Lipinski definition) is 5. The third-order valence-corrected chi connectivity index (χ3v) is 1.92. The summed E-state index contributed by atoms with van der Waals surface area (Å²) in [6, 6.07) is -0.388. The van der Waals surface area contributed by atoms with Crippen molar-refractivity contribution < 1.29 is 14.4 Å². The van der Waals surface area contributed by atoms with Crippen molar-refractivity contribution >= 4 is 18.4 Å². The van der Waals surface area contributed by atoms with Gasteiger partial charge in [0, 0.05) is 0 Å². The van der Waals surface area contributed by atoms with Crippen LogP contribution >= 0.6 is 12.4 Å². The second kappa shape index (κ2) is 4.59. The van der Waals surface area contributed by atoms with Crippen LogP contribution in [0.15, 0.2) is 4.52 Å². The molecule has 0 saturated carbocycles. The number of nitrogens with zero attached hydrogens (tertiary/aromatic N) is 2. The Balaban J connectivity index is 0.00000196. The lowest BCUT2D eigenvalue weighted by atomic mass is 9.93. The average molecular weight is 236 g/mol. The Morgan fingerprint density at radius 1 is 1.60 bits per heavy atom. The van der Waals surface area contributed by atoms with Gasteiger partial charge < -0.3 is 15.4 Å². The fourth-order valence-electron chi connectivity index (χ4n) is 0.770. The smallest absolute Gasteiger partial charge is 0.316 e. The molecule has 1 atom stereocenters. The van der Waals surface area contributed by atoms with E-state index in [2.05, 4.69) is 10.1 Å². The van der Waals surface area contributed by atoms with Crippen molar-refractivity contribution in [3.05, 3.63) is 11.7 Å². The third kappa shape index (κ3) is 2.66. The zero-order chi connectivity index (χ0) is 10.9. The first-order chi connectivity index (χ1) is 6.35. The lowest BCUT2D eigenvalue weighted by molar-refractivity contribution is -0.142. The predicted molar refractivity (Wildman–Crippen MR) is 54.8 cm³/mol. The minimum absolute atomic E-state index is 0. The number of hydrogen-bond donors (Lipinski definition) is 2. The van der Waals surface area contributed by atoms with Crippen molar-refractivity contribution in [2.24, 2.45) is 5.73 Å². The van der Waals surface area contributed by atoms with Gasteiger partial charge in [-0.1, -0.05) is 5.16 Å². The number of carboxylic acid groups (broad SMARTS) is 1. The first-order valence-corrected chi connectivity index (χ1v) is 4.18. The minimum Gasteiger partial charge on any atom is -0.481 e. The molecule has 1 aromatic heterocycles. The molecule has 0 saturated heterocycles. The molecular formula is C8H14ClN3O3. The maximum Gasteiger partial charge on any atom is 0.316 e. The molecule has 0 aliphatic carbocycles. The number of carbonyl (C=O) groups is 1. The van der Waals surface area contributed by atoms with Gasteiger partial charge in [-0.05, 0) is 20.8 Å². The van der Waals surface area contributed by atoms with Crippen LogP contribution in [0.25, 0.3) is 0 Å². The van der Waals surface area contributed by atoms with Crippen molar-refractivity contribution in [2.75, 3.05) is 0 Å². The topological polar surface area (TPSA) is 102 Å². The van der Waals surface area contributed by atoms with Crippen LogP contribution in [0.1, 0.15) is 38.5 Å². The van der Waals surface area contributed by atoms with Gasteiger partial charge in [-0.3, -0.25) is 4.79 Å². The number of carboxylic acids is 1.